The number of carbonyl (C=O) groups excluding carboxylic acids is 5. The zero-order valence-electron chi connectivity index (χ0n) is 25.3. The summed E-state index contributed by atoms with van der Waals surface area (Å²) in [4.78, 5) is 59.1. The number of nitrogens with zero attached hydrogens (tertiary/aromatic N) is 1. The molecule has 0 aromatic heterocycles. The van der Waals surface area contributed by atoms with Crippen LogP contribution in [0.3, 0.4) is 0 Å². The summed E-state index contributed by atoms with van der Waals surface area (Å²) in [6.45, 7) is 5.97. The predicted molar refractivity (Wildman–Crippen MR) is 152 cm³/mol. The van der Waals surface area contributed by atoms with Crippen LogP contribution < -0.4 is 10.6 Å². The van der Waals surface area contributed by atoms with Crippen LogP contribution in [0.4, 0.5) is 9.59 Å². The van der Waals surface area contributed by atoms with E-state index in [2.05, 4.69) is 10.6 Å². The number of carbonyl (C=O) groups is 5. The van der Waals surface area contributed by atoms with Crippen molar-refractivity contribution in [2.75, 3.05) is 112 Å². The number of esters is 2. The van der Waals surface area contributed by atoms with Crippen molar-refractivity contribution >= 4 is 37.7 Å². The molecule has 0 bridgehead atoms. The minimum atomic E-state index is -0.599. The van der Waals surface area contributed by atoms with Crippen LogP contribution in [0.2, 0.25) is 0 Å². The van der Waals surface area contributed by atoms with Gasteiger partial charge < -0.3 is 53.3 Å². The van der Waals surface area contributed by atoms with Gasteiger partial charge in [-0.05, 0) is 12.8 Å². The second-order valence-corrected chi connectivity index (χ2v) is 8.64. The van der Waals surface area contributed by atoms with Crippen molar-refractivity contribution < 1.29 is 61.9 Å². The SMILES string of the molecule is [B]C(=O)CN(CCOC(=O)COCCOCCNC(=O)OCCC)CCOC(=O)COCCOCCNC(=O)OCCC. The molecule has 0 saturated carbocycles. The monoisotopic (exact) mass is 619 g/mol. The molecule has 0 aliphatic heterocycles. The smallest absolute Gasteiger partial charge is 0.407 e. The molecule has 0 aromatic carbocycles. The van der Waals surface area contributed by atoms with Gasteiger partial charge in [-0.3, -0.25) is 4.90 Å². The lowest BCUT2D eigenvalue weighted by molar-refractivity contribution is -0.150. The van der Waals surface area contributed by atoms with Gasteiger partial charge >= 0.3 is 24.1 Å². The van der Waals surface area contributed by atoms with Gasteiger partial charge in [-0.25, -0.2) is 19.2 Å². The third-order valence-electron chi connectivity index (χ3n) is 4.81. The molecule has 2 N–H and O–H groups in total. The molecule has 0 atom stereocenters. The lowest BCUT2D eigenvalue weighted by Crippen LogP contribution is -2.36. The first-order valence-corrected chi connectivity index (χ1v) is 14.2. The van der Waals surface area contributed by atoms with E-state index < -0.39 is 29.8 Å². The van der Waals surface area contributed by atoms with Crippen molar-refractivity contribution in [3.05, 3.63) is 0 Å². The van der Waals surface area contributed by atoms with Crippen molar-refractivity contribution in [1.82, 2.24) is 15.5 Å². The van der Waals surface area contributed by atoms with Crippen LogP contribution in [0.15, 0.2) is 0 Å². The Hall–Kier alpha value is -2.99. The number of nitrogens with one attached hydrogen (secondary N) is 2. The zero-order valence-corrected chi connectivity index (χ0v) is 25.3. The van der Waals surface area contributed by atoms with E-state index in [0.29, 0.717) is 13.2 Å². The molecule has 17 heteroatoms. The molecular formula is C26H46BN3O13. The van der Waals surface area contributed by atoms with E-state index in [1.165, 1.54) is 0 Å². The molecule has 0 fully saturated rings. The van der Waals surface area contributed by atoms with Crippen LogP contribution in [0.1, 0.15) is 26.7 Å². The first-order valence-electron chi connectivity index (χ1n) is 14.2. The molecule has 0 aliphatic rings. The Labute approximate surface area is 254 Å². The maximum absolute atomic E-state index is 11.8. The average molecular weight is 619 g/mol. The Kier molecular flexibility index (Phi) is 27.1. The van der Waals surface area contributed by atoms with E-state index in [4.69, 9.17) is 45.7 Å². The molecule has 2 radical (unpaired) electrons. The topological polar surface area (TPSA) is 186 Å². The van der Waals surface area contributed by atoms with Crippen LogP contribution in [0.5, 0.6) is 0 Å². The summed E-state index contributed by atoms with van der Waals surface area (Å²) in [5.74, 6) is -1.20. The Morgan fingerprint density at radius 2 is 0.977 bits per heavy atom. The van der Waals surface area contributed by atoms with Crippen LogP contribution in [-0.4, -0.2) is 155 Å². The highest BCUT2D eigenvalue weighted by Gasteiger charge is 2.11. The Bertz CT molecular complexity index is 723. The Morgan fingerprint density at radius 3 is 1.37 bits per heavy atom. The van der Waals surface area contributed by atoms with Crippen molar-refractivity contribution in [3.8, 4) is 0 Å². The molecular weight excluding hydrogens is 573 g/mol. The molecule has 0 saturated heterocycles. The first-order chi connectivity index (χ1) is 20.8. The maximum Gasteiger partial charge on any atom is 0.407 e. The fourth-order valence-corrected chi connectivity index (χ4v) is 2.84. The lowest BCUT2D eigenvalue weighted by Gasteiger charge is -2.20. The van der Waals surface area contributed by atoms with Gasteiger partial charge in [0.1, 0.15) is 26.4 Å². The van der Waals surface area contributed by atoms with Gasteiger partial charge in [0.2, 0.25) is 0 Å². The molecule has 0 aliphatic carbocycles. The Morgan fingerprint density at radius 1 is 0.558 bits per heavy atom. The molecule has 0 unspecified atom stereocenters. The van der Waals surface area contributed by atoms with Gasteiger partial charge in [0.25, 0.3) is 0 Å². The first kappa shape index (κ1) is 40.0. The van der Waals surface area contributed by atoms with Crippen LogP contribution in [0.25, 0.3) is 0 Å². The zero-order chi connectivity index (χ0) is 32.0. The minimum absolute atomic E-state index is 0.0295. The number of hydrogen-bond acceptors (Lipinski definition) is 14. The van der Waals surface area contributed by atoms with E-state index >= 15 is 0 Å². The van der Waals surface area contributed by atoms with E-state index in [1.54, 1.807) is 4.90 Å². The molecule has 0 aromatic rings. The summed E-state index contributed by atoms with van der Waals surface area (Å²) in [5.41, 5.74) is -0.592. The van der Waals surface area contributed by atoms with Gasteiger partial charge in [-0.2, -0.15) is 0 Å². The molecule has 246 valence electrons. The average Bonchev–Trinajstić information content (AvgIpc) is 2.97. The molecule has 0 heterocycles. The molecule has 43 heavy (non-hydrogen) atoms. The van der Waals surface area contributed by atoms with Gasteiger partial charge in [-0.1, -0.05) is 13.8 Å². The molecule has 0 spiro atoms. The number of hydrogen-bond donors (Lipinski definition) is 2. The second-order valence-electron chi connectivity index (χ2n) is 8.64. The highest BCUT2D eigenvalue weighted by molar-refractivity contribution is 6.58. The van der Waals surface area contributed by atoms with E-state index in [1.807, 2.05) is 13.8 Å². The normalized spacial score (nSPS) is 10.7. The third-order valence-corrected chi connectivity index (χ3v) is 4.81. The number of alkyl carbamates (subject to hydrolysis) is 2. The molecule has 2 amide bonds. The summed E-state index contributed by atoms with van der Waals surface area (Å²) >= 11 is 0. The fraction of sp³-hybridized carbons (Fsp3) is 0.808. The number of ether oxygens (including phenoxy) is 8. The minimum Gasteiger partial charge on any atom is -0.463 e. The maximum atomic E-state index is 11.8. The Balaban J connectivity index is 3.82. The third kappa shape index (κ3) is 28.9. The standard InChI is InChI=1S/C26H46BN3O13/c1-3-9-42-25(34)28-5-11-36-15-17-38-20-23(32)40-13-7-30(19-22(27)31)8-14-41-24(33)21-39-18-16-37-12-6-29-26(35)43-10-4-2/h3-21H2,1-2H3,(H,28,34)(H,29,35). The molecule has 0 rings (SSSR count). The van der Waals surface area contributed by atoms with Crippen molar-refractivity contribution in [2.24, 2.45) is 0 Å². The summed E-state index contributed by atoms with van der Waals surface area (Å²) < 4.78 is 40.8. The van der Waals surface area contributed by atoms with Gasteiger partial charge in [0.05, 0.1) is 58.5 Å². The van der Waals surface area contributed by atoms with E-state index in [9.17, 15) is 24.0 Å². The highest BCUT2D eigenvalue weighted by Crippen LogP contribution is 1.93. The summed E-state index contributed by atoms with van der Waals surface area (Å²) in [6, 6.07) is 0. The largest absolute Gasteiger partial charge is 0.463 e. The summed E-state index contributed by atoms with van der Waals surface area (Å²) in [5, 5.41) is 5.06. The van der Waals surface area contributed by atoms with E-state index in [-0.39, 0.29) is 98.8 Å². The summed E-state index contributed by atoms with van der Waals surface area (Å²) in [6.07, 6.45) is 0.477. The predicted octanol–water partition coefficient (Wildman–Crippen LogP) is -0.591. The van der Waals surface area contributed by atoms with Gasteiger partial charge in [0, 0.05) is 32.7 Å². The number of amides is 2. The van der Waals surface area contributed by atoms with Crippen LogP contribution >= 0.6 is 0 Å². The highest BCUT2D eigenvalue weighted by atomic mass is 16.6. The van der Waals surface area contributed by atoms with E-state index in [0.717, 1.165) is 12.8 Å². The quantitative estimate of drug-likeness (QED) is 0.0490. The summed E-state index contributed by atoms with van der Waals surface area (Å²) in [7, 11) is 5.26. The van der Waals surface area contributed by atoms with Crippen molar-refractivity contribution in [1.29, 1.82) is 0 Å². The second kappa shape index (κ2) is 29.1. The fourth-order valence-electron chi connectivity index (χ4n) is 2.84. The molecule has 16 nitrogen and oxygen atoms in total. The van der Waals surface area contributed by atoms with Crippen LogP contribution in [0, 0.1) is 0 Å². The van der Waals surface area contributed by atoms with Crippen LogP contribution in [-0.2, 0) is 52.3 Å². The van der Waals surface area contributed by atoms with Crippen molar-refractivity contribution in [3.63, 3.8) is 0 Å². The lowest BCUT2D eigenvalue weighted by atomic mass is 10.0. The van der Waals surface area contributed by atoms with Gasteiger partial charge in [-0.15, -0.1) is 0 Å². The van der Waals surface area contributed by atoms with Gasteiger partial charge in [0.15, 0.2) is 7.85 Å². The van der Waals surface area contributed by atoms with Crippen molar-refractivity contribution in [2.45, 2.75) is 26.7 Å². The number of rotatable bonds is 28.